The lowest BCUT2D eigenvalue weighted by atomic mass is 10.3. The highest BCUT2D eigenvalue weighted by Crippen LogP contribution is 2.22. The average Bonchev–Trinajstić information content (AvgIpc) is 2.64. The molecule has 0 spiro atoms. The average molecular weight is 415 g/mol. The van der Waals surface area contributed by atoms with E-state index in [1.165, 1.54) is 0 Å². The molecule has 2 N–H and O–H groups in total. The fourth-order valence-corrected chi connectivity index (χ4v) is 3.36. The summed E-state index contributed by atoms with van der Waals surface area (Å²) in [4.78, 5) is 23.2. The van der Waals surface area contributed by atoms with Gasteiger partial charge < -0.3 is 4.74 Å². The summed E-state index contributed by atoms with van der Waals surface area (Å²) >= 11 is 5.87. The van der Waals surface area contributed by atoms with Crippen molar-refractivity contribution in [3.63, 3.8) is 0 Å². The smallest absolute Gasteiger partial charge is 0.276 e. The first kappa shape index (κ1) is 20.7. The number of amides is 2. The molecule has 0 aliphatic heterocycles. The summed E-state index contributed by atoms with van der Waals surface area (Å²) in [6.45, 7) is -0.391. The number of hydrogen-bond donors (Lipinski definition) is 2. The van der Waals surface area contributed by atoms with E-state index in [0.717, 1.165) is 24.3 Å². The zero-order chi connectivity index (χ0) is 19.9. The van der Waals surface area contributed by atoms with E-state index in [0.29, 0.717) is 10.8 Å². The number of nitrogens with one attached hydrogen (secondary N) is 2. The Balaban J connectivity index is 1.74. The van der Waals surface area contributed by atoms with Gasteiger partial charge in [-0.25, -0.2) is 12.8 Å². The number of carbonyl (C=O) groups excluding carboxylic acids is 2. The number of hydrogen-bond acceptors (Lipinski definition) is 5. The summed E-state index contributed by atoms with van der Waals surface area (Å²) in [7, 11) is -3.74. The first-order valence-corrected chi connectivity index (χ1v) is 9.74. The Kier molecular flexibility index (Phi) is 7.14. The van der Waals surface area contributed by atoms with Gasteiger partial charge >= 0.3 is 0 Å². The largest absolute Gasteiger partial charge is 0.482 e. The van der Waals surface area contributed by atoms with Crippen LogP contribution in [-0.4, -0.2) is 32.6 Å². The van der Waals surface area contributed by atoms with E-state index in [-0.39, 0.29) is 11.3 Å². The number of sulfone groups is 1. The molecule has 0 saturated heterocycles. The van der Waals surface area contributed by atoms with Crippen LogP contribution >= 0.6 is 11.6 Å². The first-order chi connectivity index (χ1) is 12.8. The maximum Gasteiger partial charge on any atom is 0.276 e. The van der Waals surface area contributed by atoms with Crippen LogP contribution in [0.2, 0.25) is 5.02 Å². The maximum atomic E-state index is 12.8. The zero-order valence-corrected chi connectivity index (χ0v) is 15.5. The molecule has 144 valence electrons. The van der Waals surface area contributed by atoms with Crippen LogP contribution in [0.3, 0.4) is 0 Å². The van der Waals surface area contributed by atoms with Crippen LogP contribution < -0.4 is 15.6 Å². The van der Waals surface area contributed by atoms with E-state index in [1.54, 1.807) is 24.3 Å². The van der Waals surface area contributed by atoms with Gasteiger partial charge in [0.2, 0.25) is 5.91 Å². The van der Waals surface area contributed by atoms with Gasteiger partial charge in [-0.3, -0.25) is 20.4 Å². The number of ether oxygens (including phenoxy) is 1. The van der Waals surface area contributed by atoms with E-state index in [1.807, 2.05) is 0 Å². The van der Waals surface area contributed by atoms with Gasteiger partial charge in [-0.2, -0.15) is 0 Å². The third-order valence-corrected chi connectivity index (χ3v) is 5.35. The fraction of sp³-hybridized carbons (Fsp3) is 0.176. The molecular formula is C17H16ClFN2O5S. The molecule has 0 radical (unpaired) electrons. The van der Waals surface area contributed by atoms with Crippen LogP contribution in [0.4, 0.5) is 4.39 Å². The van der Waals surface area contributed by atoms with Crippen LogP contribution in [0, 0.1) is 5.82 Å². The Morgan fingerprint density at radius 2 is 1.63 bits per heavy atom. The lowest BCUT2D eigenvalue weighted by Gasteiger charge is -2.10. The molecule has 2 amide bonds. The molecule has 2 aromatic carbocycles. The minimum Gasteiger partial charge on any atom is -0.482 e. The molecule has 0 heterocycles. The minimum absolute atomic E-state index is 0.0890. The predicted molar refractivity (Wildman–Crippen MR) is 96.3 cm³/mol. The van der Waals surface area contributed by atoms with Gasteiger partial charge in [-0.15, -0.1) is 0 Å². The number of benzene rings is 2. The van der Waals surface area contributed by atoms with Gasteiger partial charge in [0.25, 0.3) is 5.91 Å². The molecule has 27 heavy (non-hydrogen) atoms. The number of carbonyl (C=O) groups is 2. The Hall–Kier alpha value is -2.65. The molecule has 0 unspecified atom stereocenters. The summed E-state index contributed by atoms with van der Waals surface area (Å²) < 4.78 is 42.1. The van der Waals surface area contributed by atoms with E-state index in [4.69, 9.17) is 16.3 Å². The van der Waals surface area contributed by atoms with Gasteiger partial charge in [0.1, 0.15) is 11.6 Å². The third-order valence-electron chi connectivity index (χ3n) is 3.31. The Morgan fingerprint density at radius 1 is 1.00 bits per heavy atom. The Bertz CT molecular complexity index is 919. The Morgan fingerprint density at radius 3 is 2.30 bits per heavy atom. The van der Waals surface area contributed by atoms with Crippen LogP contribution in [0.25, 0.3) is 0 Å². The Labute approximate surface area is 160 Å². The van der Waals surface area contributed by atoms with E-state index < -0.39 is 39.8 Å². The molecule has 0 aliphatic rings. The number of rotatable bonds is 7. The van der Waals surface area contributed by atoms with Gasteiger partial charge in [0.05, 0.1) is 15.7 Å². The molecule has 0 saturated carbocycles. The normalized spacial score (nSPS) is 10.9. The highest BCUT2D eigenvalue weighted by molar-refractivity contribution is 7.91. The number of hydrazine groups is 1. The van der Waals surface area contributed by atoms with Gasteiger partial charge in [-0.05, 0) is 36.4 Å². The quantitative estimate of drug-likeness (QED) is 0.532. The number of halogens is 2. The molecule has 10 heteroatoms. The maximum absolute atomic E-state index is 12.8. The summed E-state index contributed by atoms with van der Waals surface area (Å²) in [6.07, 6.45) is -0.384. The summed E-state index contributed by atoms with van der Waals surface area (Å²) in [5.41, 5.74) is 4.20. The lowest BCUT2D eigenvalue weighted by Crippen LogP contribution is -2.44. The van der Waals surface area contributed by atoms with Gasteiger partial charge in [0.15, 0.2) is 16.4 Å². The predicted octanol–water partition coefficient (Wildman–Crippen LogP) is 1.87. The third kappa shape index (κ3) is 6.54. The summed E-state index contributed by atoms with van der Waals surface area (Å²) in [5, 5.41) is 0.334. The number of para-hydroxylation sites is 1. The molecule has 0 fully saturated rings. The van der Waals surface area contributed by atoms with Crippen molar-refractivity contribution in [2.24, 2.45) is 0 Å². The van der Waals surface area contributed by atoms with Crippen molar-refractivity contribution in [1.82, 2.24) is 10.9 Å². The molecule has 7 nitrogen and oxygen atoms in total. The first-order valence-electron chi connectivity index (χ1n) is 7.71. The SMILES string of the molecule is O=C(CCS(=O)(=O)c1ccc(F)cc1)NNC(=O)COc1ccccc1Cl. The van der Waals surface area contributed by atoms with Gasteiger partial charge in [0, 0.05) is 6.42 Å². The van der Waals surface area contributed by atoms with E-state index in [9.17, 15) is 22.4 Å². The monoisotopic (exact) mass is 414 g/mol. The van der Waals surface area contributed by atoms with Crippen molar-refractivity contribution >= 4 is 33.3 Å². The molecule has 0 bridgehead atoms. The molecule has 2 aromatic rings. The van der Waals surface area contributed by atoms with Crippen LogP contribution in [0.15, 0.2) is 53.4 Å². The van der Waals surface area contributed by atoms with Crippen LogP contribution in [0.5, 0.6) is 5.75 Å². The van der Waals surface area contributed by atoms with Crippen molar-refractivity contribution in [1.29, 1.82) is 0 Å². The van der Waals surface area contributed by atoms with Crippen molar-refractivity contribution < 1.29 is 27.1 Å². The highest BCUT2D eigenvalue weighted by Gasteiger charge is 2.17. The van der Waals surface area contributed by atoms with Crippen molar-refractivity contribution in [3.8, 4) is 5.75 Å². The second-order valence-corrected chi connectivity index (χ2v) is 7.85. The zero-order valence-electron chi connectivity index (χ0n) is 13.9. The molecule has 2 rings (SSSR count). The van der Waals surface area contributed by atoms with Gasteiger partial charge in [-0.1, -0.05) is 23.7 Å². The second kappa shape index (κ2) is 9.33. The second-order valence-electron chi connectivity index (χ2n) is 5.34. The van der Waals surface area contributed by atoms with Crippen LogP contribution in [0.1, 0.15) is 6.42 Å². The summed E-state index contributed by atoms with van der Waals surface area (Å²) in [6, 6.07) is 10.8. The molecule has 0 atom stereocenters. The summed E-state index contributed by atoms with van der Waals surface area (Å²) in [5.74, 6) is -2.09. The van der Waals surface area contributed by atoms with Crippen molar-refractivity contribution in [2.75, 3.05) is 12.4 Å². The molecule has 0 aliphatic carbocycles. The molecule has 0 aromatic heterocycles. The van der Waals surface area contributed by atoms with E-state index >= 15 is 0 Å². The van der Waals surface area contributed by atoms with Crippen LogP contribution in [-0.2, 0) is 19.4 Å². The van der Waals surface area contributed by atoms with Crippen molar-refractivity contribution in [3.05, 3.63) is 59.4 Å². The minimum atomic E-state index is -3.74. The lowest BCUT2D eigenvalue weighted by molar-refractivity contribution is -0.129. The van der Waals surface area contributed by atoms with E-state index in [2.05, 4.69) is 10.9 Å². The molecular weight excluding hydrogens is 399 g/mol. The fourth-order valence-electron chi connectivity index (χ4n) is 1.93. The van der Waals surface area contributed by atoms with Crippen molar-refractivity contribution in [2.45, 2.75) is 11.3 Å². The topological polar surface area (TPSA) is 102 Å². The standard InChI is InChI=1S/C17H16ClFN2O5S/c18-14-3-1-2-4-15(14)26-11-17(23)21-20-16(22)9-10-27(24,25)13-7-5-12(19)6-8-13/h1-8H,9-11H2,(H,20,22)(H,21,23). The highest BCUT2D eigenvalue weighted by atomic mass is 35.5.